The van der Waals surface area contributed by atoms with Gasteiger partial charge in [-0.05, 0) is 6.92 Å². The van der Waals surface area contributed by atoms with Crippen molar-refractivity contribution in [3.8, 4) is 0 Å². The van der Waals surface area contributed by atoms with Crippen LogP contribution in [-0.4, -0.2) is 18.8 Å². The molecule has 1 aliphatic rings. The van der Waals surface area contributed by atoms with Gasteiger partial charge in [-0.1, -0.05) is 0 Å². The molecule has 10 heavy (non-hydrogen) atoms. The van der Waals surface area contributed by atoms with Crippen LogP contribution < -0.4 is 0 Å². The Morgan fingerprint density at radius 3 is 2.10 bits per heavy atom. The second-order valence-corrected chi connectivity index (χ2v) is 4.75. The standard InChI is InChI=1S/C3H6O4S3/c1-2-3(8,9)7-10(4,5)6-2/h2,8-9H,1H3. The van der Waals surface area contributed by atoms with Crippen molar-refractivity contribution in [3.63, 3.8) is 0 Å². The van der Waals surface area contributed by atoms with Gasteiger partial charge in [0, 0.05) is 0 Å². The summed E-state index contributed by atoms with van der Waals surface area (Å²) < 4.78 is 28.4. The summed E-state index contributed by atoms with van der Waals surface area (Å²) in [7, 11) is -3.86. The zero-order valence-electron chi connectivity index (χ0n) is 5.01. The van der Waals surface area contributed by atoms with Crippen molar-refractivity contribution in [2.75, 3.05) is 0 Å². The van der Waals surface area contributed by atoms with Crippen LogP contribution in [0.4, 0.5) is 0 Å². The Bertz CT molecular complexity index is 230. The minimum Gasteiger partial charge on any atom is -0.240 e. The molecule has 0 radical (unpaired) electrons. The van der Waals surface area contributed by atoms with Gasteiger partial charge in [-0.25, -0.2) is 8.37 Å². The van der Waals surface area contributed by atoms with Gasteiger partial charge in [0.15, 0.2) is 0 Å². The van der Waals surface area contributed by atoms with E-state index in [-0.39, 0.29) is 0 Å². The Hall–Kier alpha value is 0.570. The molecule has 1 atom stereocenters. The molecule has 1 saturated heterocycles. The summed E-state index contributed by atoms with van der Waals surface area (Å²) in [5.41, 5.74) is 0. The quantitative estimate of drug-likeness (QED) is 0.434. The summed E-state index contributed by atoms with van der Waals surface area (Å²) in [6.07, 6.45) is -0.677. The van der Waals surface area contributed by atoms with Crippen LogP contribution >= 0.6 is 25.3 Å². The van der Waals surface area contributed by atoms with E-state index in [0.29, 0.717) is 0 Å². The van der Waals surface area contributed by atoms with Crippen molar-refractivity contribution in [2.45, 2.75) is 17.3 Å². The molecule has 7 heteroatoms. The van der Waals surface area contributed by atoms with Crippen LogP contribution in [0.2, 0.25) is 0 Å². The molecule has 1 rings (SSSR count). The summed E-state index contributed by atoms with van der Waals surface area (Å²) in [6, 6.07) is 0. The largest absolute Gasteiger partial charge is 0.402 e. The van der Waals surface area contributed by atoms with Crippen LogP contribution in [0.15, 0.2) is 0 Å². The Morgan fingerprint density at radius 1 is 1.50 bits per heavy atom. The molecular weight excluding hydrogens is 196 g/mol. The molecule has 0 amide bonds. The number of rotatable bonds is 0. The first-order valence-corrected chi connectivity index (χ1v) is 4.65. The van der Waals surface area contributed by atoms with Crippen molar-refractivity contribution in [1.82, 2.24) is 0 Å². The summed E-state index contributed by atoms with van der Waals surface area (Å²) in [6.45, 7) is 1.50. The van der Waals surface area contributed by atoms with Gasteiger partial charge in [-0.3, -0.25) is 0 Å². The van der Waals surface area contributed by atoms with Crippen LogP contribution in [0.5, 0.6) is 0 Å². The van der Waals surface area contributed by atoms with Crippen molar-refractivity contribution in [2.24, 2.45) is 0 Å². The number of thiol groups is 2. The molecule has 60 valence electrons. The van der Waals surface area contributed by atoms with E-state index in [0.717, 1.165) is 0 Å². The summed E-state index contributed by atoms with van der Waals surface area (Å²) in [5.74, 6) is 0. The van der Waals surface area contributed by atoms with Gasteiger partial charge in [0.1, 0.15) is 6.10 Å². The Kier molecular flexibility index (Phi) is 1.97. The highest BCUT2D eigenvalue weighted by Gasteiger charge is 2.46. The monoisotopic (exact) mass is 202 g/mol. The highest BCUT2D eigenvalue weighted by molar-refractivity contribution is 8.01. The molecule has 0 saturated carbocycles. The Balaban J connectivity index is 2.92. The minimum absolute atomic E-state index is 0.677. The van der Waals surface area contributed by atoms with Crippen LogP contribution in [0.1, 0.15) is 6.92 Å². The van der Waals surface area contributed by atoms with E-state index < -0.39 is 20.8 Å². The SMILES string of the molecule is CC1OS(=O)(=O)OC1(S)S. The van der Waals surface area contributed by atoms with Gasteiger partial charge in [0.25, 0.3) is 0 Å². The van der Waals surface area contributed by atoms with Crippen LogP contribution in [0.3, 0.4) is 0 Å². The lowest BCUT2D eigenvalue weighted by Crippen LogP contribution is -2.23. The highest BCUT2D eigenvalue weighted by atomic mass is 32.3. The summed E-state index contributed by atoms with van der Waals surface area (Å²) >= 11 is 7.59. The average Bonchev–Trinajstić information content (AvgIpc) is 1.73. The van der Waals surface area contributed by atoms with Crippen molar-refractivity contribution < 1.29 is 16.8 Å². The van der Waals surface area contributed by atoms with Crippen LogP contribution in [0, 0.1) is 0 Å². The lowest BCUT2D eigenvalue weighted by atomic mass is 10.4. The Labute approximate surface area is 70.0 Å². The van der Waals surface area contributed by atoms with E-state index in [2.05, 4.69) is 33.6 Å². The first kappa shape index (κ1) is 8.66. The van der Waals surface area contributed by atoms with Gasteiger partial charge in [0.05, 0.1) is 0 Å². The van der Waals surface area contributed by atoms with Crippen molar-refractivity contribution in [3.05, 3.63) is 0 Å². The predicted molar refractivity (Wildman–Crippen MR) is 41.3 cm³/mol. The molecule has 0 N–H and O–H groups in total. The second kappa shape index (κ2) is 2.28. The van der Waals surface area contributed by atoms with Crippen molar-refractivity contribution in [1.29, 1.82) is 0 Å². The molecule has 1 aliphatic heterocycles. The van der Waals surface area contributed by atoms with E-state index in [1.807, 2.05) is 0 Å². The maximum absolute atomic E-state index is 10.5. The fourth-order valence-electron chi connectivity index (χ4n) is 0.477. The molecule has 0 spiro atoms. The highest BCUT2D eigenvalue weighted by Crippen LogP contribution is 2.37. The zero-order chi connectivity index (χ0) is 7.99. The fraction of sp³-hybridized carbons (Fsp3) is 1.00. The van der Waals surface area contributed by atoms with E-state index in [9.17, 15) is 8.42 Å². The molecule has 0 aromatic heterocycles. The minimum atomic E-state index is -3.86. The van der Waals surface area contributed by atoms with E-state index in [1.165, 1.54) is 6.92 Å². The molecule has 0 aromatic rings. The maximum atomic E-state index is 10.5. The van der Waals surface area contributed by atoms with E-state index >= 15 is 0 Å². The topological polar surface area (TPSA) is 52.6 Å². The first-order valence-electron chi connectivity index (χ1n) is 2.42. The first-order chi connectivity index (χ1) is 4.33. The molecule has 0 bridgehead atoms. The zero-order valence-corrected chi connectivity index (χ0v) is 7.62. The second-order valence-electron chi connectivity index (χ2n) is 1.89. The van der Waals surface area contributed by atoms with Crippen molar-refractivity contribution >= 4 is 35.7 Å². The lowest BCUT2D eigenvalue weighted by molar-refractivity contribution is 0.218. The summed E-state index contributed by atoms with van der Waals surface area (Å²) in [4.78, 5) is 0. The van der Waals surface area contributed by atoms with E-state index in [4.69, 9.17) is 0 Å². The molecular formula is C3H6O4S3. The molecule has 1 unspecified atom stereocenters. The van der Waals surface area contributed by atoms with Gasteiger partial charge < -0.3 is 0 Å². The third-order valence-electron chi connectivity index (χ3n) is 1.02. The number of hydrogen-bond donors (Lipinski definition) is 2. The van der Waals surface area contributed by atoms with Gasteiger partial charge in [-0.15, -0.1) is 25.3 Å². The lowest BCUT2D eigenvalue weighted by Gasteiger charge is -2.13. The molecule has 4 nitrogen and oxygen atoms in total. The molecule has 1 fully saturated rings. The van der Waals surface area contributed by atoms with Gasteiger partial charge in [-0.2, -0.15) is 8.42 Å². The average molecular weight is 202 g/mol. The fourth-order valence-corrected chi connectivity index (χ4v) is 2.24. The smallest absolute Gasteiger partial charge is 0.240 e. The van der Waals surface area contributed by atoms with Crippen LogP contribution in [-0.2, 0) is 18.8 Å². The summed E-state index contributed by atoms with van der Waals surface area (Å²) in [5, 5.41) is 0. The maximum Gasteiger partial charge on any atom is 0.402 e. The van der Waals surface area contributed by atoms with Crippen LogP contribution in [0.25, 0.3) is 0 Å². The third kappa shape index (κ3) is 1.59. The number of hydrogen-bond acceptors (Lipinski definition) is 6. The molecule has 0 aliphatic carbocycles. The van der Waals surface area contributed by atoms with Gasteiger partial charge in [0.2, 0.25) is 4.27 Å². The van der Waals surface area contributed by atoms with Gasteiger partial charge >= 0.3 is 10.4 Å². The third-order valence-corrected chi connectivity index (χ3v) is 3.16. The van der Waals surface area contributed by atoms with E-state index in [1.54, 1.807) is 0 Å². The molecule has 1 heterocycles. The normalized spacial score (nSPS) is 36.1. The predicted octanol–water partition coefficient (Wildman–Crippen LogP) is 0.180. The Morgan fingerprint density at radius 2 is 2.00 bits per heavy atom. The molecule has 0 aromatic carbocycles.